The van der Waals surface area contributed by atoms with Crippen molar-refractivity contribution in [2.45, 2.75) is 32.1 Å². The monoisotopic (exact) mass is 312 g/mol. The van der Waals surface area contributed by atoms with Crippen LogP contribution >= 0.6 is 11.8 Å². The first-order chi connectivity index (χ1) is 9.88. The van der Waals surface area contributed by atoms with Gasteiger partial charge in [0.2, 0.25) is 0 Å². The smallest absolute Gasteiger partial charge is 0.284 e. The number of nitrogens with zero attached hydrogens (tertiary/aromatic N) is 1. The van der Waals surface area contributed by atoms with Gasteiger partial charge in [-0.15, -0.1) is 0 Å². The highest BCUT2D eigenvalue weighted by Gasteiger charge is 2.16. The Morgan fingerprint density at radius 3 is 2.67 bits per heavy atom. The third kappa shape index (κ3) is 6.12. The third-order valence-corrected chi connectivity index (χ3v) is 4.13. The number of carbonyl (C=O) groups is 1. The largest absolute Gasteiger partial charge is 0.454 e. The fourth-order valence-corrected chi connectivity index (χ4v) is 1.68. The summed E-state index contributed by atoms with van der Waals surface area (Å²) in [7, 11) is 0. The predicted octanol–water partition coefficient (Wildman–Crippen LogP) is 1.58. The zero-order valence-electron chi connectivity index (χ0n) is 13.0. The predicted molar refractivity (Wildman–Crippen MR) is 87.6 cm³/mol. The molecule has 0 saturated heterocycles. The van der Waals surface area contributed by atoms with Crippen molar-refractivity contribution < 1.29 is 9.21 Å². The molecule has 7 heteroatoms. The molecule has 21 heavy (non-hydrogen) atoms. The second-order valence-corrected chi connectivity index (χ2v) is 6.66. The van der Waals surface area contributed by atoms with Crippen LogP contribution < -0.4 is 16.4 Å². The number of nitrogens with two attached hydrogens (primary N) is 1. The maximum Gasteiger partial charge on any atom is 0.284 e. The second kappa shape index (κ2) is 7.97. The molecule has 0 bridgehead atoms. The molecule has 0 atom stereocenters. The quantitative estimate of drug-likeness (QED) is 0.525. The van der Waals surface area contributed by atoms with Crippen molar-refractivity contribution in [1.82, 2.24) is 10.6 Å². The fraction of sp³-hybridized carbons (Fsp3) is 0.571. The number of hydrogen-bond acceptors (Lipinski definition) is 4. The molecule has 1 rings (SSSR count). The summed E-state index contributed by atoms with van der Waals surface area (Å²) in [5.74, 6) is 0.903. The number of primary amides is 1. The Bertz CT molecular complexity index is 497. The van der Waals surface area contributed by atoms with E-state index in [1.54, 1.807) is 23.9 Å². The lowest BCUT2D eigenvalue weighted by molar-refractivity contribution is 0.0972. The third-order valence-electron chi connectivity index (χ3n) is 2.88. The van der Waals surface area contributed by atoms with E-state index in [0.29, 0.717) is 12.3 Å². The molecule has 0 aliphatic heterocycles. The number of hydrogen-bond donors (Lipinski definition) is 3. The lowest BCUT2D eigenvalue weighted by atomic mass is 10.2. The van der Waals surface area contributed by atoms with Gasteiger partial charge in [-0.3, -0.25) is 4.79 Å². The Hall–Kier alpha value is -1.63. The van der Waals surface area contributed by atoms with Gasteiger partial charge >= 0.3 is 0 Å². The Kier molecular flexibility index (Phi) is 6.61. The molecule has 4 N–H and O–H groups in total. The number of thioether (sulfide) groups is 1. The van der Waals surface area contributed by atoms with Gasteiger partial charge in [0.1, 0.15) is 12.3 Å². The van der Waals surface area contributed by atoms with Crippen LogP contribution in [0.5, 0.6) is 0 Å². The number of amides is 1. The summed E-state index contributed by atoms with van der Waals surface area (Å²) in [6.45, 7) is 8.26. The van der Waals surface area contributed by atoms with E-state index >= 15 is 0 Å². The summed E-state index contributed by atoms with van der Waals surface area (Å²) >= 11 is 1.79. The van der Waals surface area contributed by atoms with Crippen LogP contribution in [0.25, 0.3) is 0 Å². The summed E-state index contributed by atoms with van der Waals surface area (Å²) < 4.78 is 5.42. The van der Waals surface area contributed by atoms with Crippen LogP contribution in [-0.4, -0.2) is 36.0 Å². The normalized spacial score (nSPS) is 12.3. The average Bonchev–Trinajstić information content (AvgIpc) is 2.91. The number of nitrogens with one attached hydrogen (secondary N) is 2. The number of furan rings is 1. The van der Waals surface area contributed by atoms with E-state index in [0.717, 1.165) is 19.0 Å². The minimum Gasteiger partial charge on any atom is -0.454 e. The van der Waals surface area contributed by atoms with E-state index in [9.17, 15) is 4.79 Å². The highest BCUT2D eigenvalue weighted by atomic mass is 32.2. The highest BCUT2D eigenvalue weighted by Crippen LogP contribution is 2.19. The van der Waals surface area contributed by atoms with Gasteiger partial charge in [0.25, 0.3) is 5.91 Å². The molecule has 0 aromatic carbocycles. The maximum absolute atomic E-state index is 11.0. The molecule has 0 radical (unpaired) electrons. The Balaban J connectivity index is 2.64. The van der Waals surface area contributed by atoms with Gasteiger partial charge in [-0.2, -0.15) is 11.8 Å². The van der Waals surface area contributed by atoms with Crippen LogP contribution in [0.2, 0.25) is 0 Å². The Labute approximate surface area is 129 Å². The Morgan fingerprint density at radius 2 is 2.14 bits per heavy atom. The second-order valence-electron chi connectivity index (χ2n) is 5.14. The number of carbonyl (C=O) groups excluding carboxylic acids is 1. The van der Waals surface area contributed by atoms with Crippen LogP contribution in [0, 0.1) is 0 Å². The molecule has 0 spiro atoms. The summed E-state index contributed by atoms with van der Waals surface area (Å²) in [5.41, 5.74) is 5.15. The average molecular weight is 312 g/mol. The molecule has 1 heterocycles. The van der Waals surface area contributed by atoms with E-state index in [4.69, 9.17) is 10.2 Å². The summed E-state index contributed by atoms with van der Waals surface area (Å²) in [6.07, 6.45) is 2.08. The van der Waals surface area contributed by atoms with Gasteiger partial charge in [-0.1, -0.05) is 0 Å². The van der Waals surface area contributed by atoms with E-state index in [-0.39, 0.29) is 10.5 Å². The molecule has 118 valence electrons. The van der Waals surface area contributed by atoms with Crippen LogP contribution in [0.1, 0.15) is 37.1 Å². The SMILES string of the molecule is CCNC(=NCc1ccc(C(N)=O)o1)NCC(C)(C)SC. The number of aliphatic imine (C=N–C) groups is 1. The molecular weight excluding hydrogens is 288 g/mol. The van der Waals surface area contributed by atoms with Crippen molar-refractivity contribution in [2.24, 2.45) is 10.7 Å². The van der Waals surface area contributed by atoms with Crippen LogP contribution in [0.15, 0.2) is 21.5 Å². The molecule has 0 unspecified atom stereocenters. The van der Waals surface area contributed by atoms with E-state index in [1.807, 2.05) is 6.92 Å². The first kappa shape index (κ1) is 17.4. The van der Waals surface area contributed by atoms with Crippen LogP contribution in [0.4, 0.5) is 0 Å². The zero-order valence-corrected chi connectivity index (χ0v) is 13.8. The molecule has 6 nitrogen and oxygen atoms in total. The van der Waals surface area contributed by atoms with Crippen molar-refractivity contribution in [1.29, 1.82) is 0 Å². The zero-order chi connectivity index (χ0) is 15.9. The van der Waals surface area contributed by atoms with Gasteiger partial charge in [-0.25, -0.2) is 4.99 Å². The summed E-state index contributed by atoms with van der Waals surface area (Å²) in [5, 5.41) is 6.47. The molecule has 0 fully saturated rings. The number of rotatable bonds is 7. The molecule has 1 aromatic rings. The van der Waals surface area contributed by atoms with Crippen molar-refractivity contribution in [3.63, 3.8) is 0 Å². The highest BCUT2D eigenvalue weighted by molar-refractivity contribution is 7.99. The first-order valence-corrected chi connectivity index (χ1v) is 8.06. The van der Waals surface area contributed by atoms with Crippen molar-refractivity contribution in [2.75, 3.05) is 19.3 Å². The van der Waals surface area contributed by atoms with Gasteiger partial charge < -0.3 is 20.8 Å². The molecule has 0 aliphatic carbocycles. The molecule has 0 aliphatic rings. The molecular formula is C14H24N4O2S. The molecule has 1 amide bonds. The summed E-state index contributed by atoms with van der Waals surface area (Å²) in [6, 6.07) is 3.27. The van der Waals surface area contributed by atoms with Crippen molar-refractivity contribution >= 4 is 23.6 Å². The number of guanidine groups is 1. The van der Waals surface area contributed by atoms with Gasteiger partial charge in [-0.05, 0) is 39.2 Å². The van der Waals surface area contributed by atoms with Gasteiger partial charge in [0.05, 0.1) is 0 Å². The van der Waals surface area contributed by atoms with Crippen LogP contribution in [-0.2, 0) is 6.54 Å². The van der Waals surface area contributed by atoms with E-state index in [1.165, 1.54) is 0 Å². The first-order valence-electron chi connectivity index (χ1n) is 6.84. The minimum atomic E-state index is -0.572. The molecule has 0 saturated carbocycles. The van der Waals surface area contributed by atoms with Gasteiger partial charge in [0, 0.05) is 17.8 Å². The van der Waals surface area contributed by atoms with E-state index in [2.05, 4.69) is 35.7 Å². The lowest BCUT2D eigenvalue weighted by Crippen LogP contribution is -2.43. The van der Waals surface area contributed by atoms with Crippen molar-refractivity contribution in [3.05, 3.63) is 23.7 Å². The van der Waals surface area contributed by atoms with Gasteiger partial charge in [0.15, 0.2) is 11.7 Å². The van der Waals surface area contributed by atoms with Crippen molar-refractivity contribution in [3.8, 4) is 0 Å². The fourth-order valence-electron chi connectivity index (χ4n) is 1.46. The molecule has 1 aromatic heterocycles. The topological polar surface area (TPSA) is 92.6 Å². The standard InChI is InChI=1S/C14H24N4O2S/c1-5-16-13(18-9-14(2,3)21-4)17-8-10-6-7-11(20-10)12(15)19/h6-7H,5,8-9H2,1-4H3,(H2,15,19)(H2,16,17,18). The summed E-state index contributed by atoms with van der Waals surface area (Å²) in [4.78, 5) is 15.4. The maximum atomic E-state index is 11.0. The van der Waals surface area contributed by atoms with Crippen LogP contribution in [0.3, 0.4) is 0 Å². The Morgan fingerprint density at radius 1 is 1.43 bits per heavy atom. The van der Waals surface area contributed by atoms with E-state index < -0.39 is 5.91 Å². The lowest BCUT2D eigenvalue weighted by Gasteiger charge is -2.23. The minimum absolute atomic E-state index is 0.125.